The van der Waals surface area contributed by atoms with Crippen LogP contribution < -0.4 is 0 Å². The molecule has 5 heteroatoms. The van der Waals surface area contributed by atoms with Crippen molar-refractivity contribution in [2.45, 2.75) is 25.4 Å². The lowest BCUT2D eigenvalue weighted by atomic mass is 9.93. The molecule has 1 aliphatic carbocycles. The first-order valence-corrected chi connectivity index (χ1v) is 5.13. The van der Waals surface area contributed by atoms with Crippen LogP contribution in [0.4, 0.5) is 0 Å². The number of rotatable bonds is 1. The lowest BCUT2D eigenvalue weighted by Crippen LogP contribution is -2.11. The number of carboxylic acids is 1. The monoisotopic (exact) mass is 260 g/mol. The second kappa shape index (κ2) is 3.40. The summed E-state index contributed by atoms with van der Waals surface area (Å²) in [5, 5.41) is 18.6. The van der Waals surface area contributed by atoms with E-state index in [1.165, 1.54) is 0 Å². The molecule has 2 N–H and O–H groups in total. The molecular formula is C9H9BrO4. The predicted octanol–water partition coefficient (Wildman–Crippen LogP) is 2.11. The number of carboxylic acid groups (broad SMARTS) is 1. The lowest BCUT2D eigenvalue weighted by molar-refractivity contribution is 0.0686. The molecule has 1 aliphatic rings. The first-order chi connectivity index (χ1) is 6.61. The third-order valence-corrected chi connectivity index (χ3v) is 2.97. The van der Waals surface area contributed by atoms with E-state index in [1.807, 2.05) is 0 Å². The van der Waals surface area contributed by atoms with Crippen LogP contribution in [0.25, 0.3) is 0 Å². The molecular weight excluding hydrogens is 252 g/mol. The zero-order valence-electron chi connectivity index (χ0n) is 7.29. The van der Waals surface area contributed by atoms with Crippen LogP contribution >= 0.6 is 15.9 Å². The summed E-state index contributed by atoms with van der Waals surface area (Å²) in [6.07, 6.45) is 1.41. The third kappa shape index (κ3) is 1.36. The minimum atomic E-state index is -1.07. The van der Waals surface area contributed by atoms with E-state index in [1.54, 1.807) is 0 Å². The Balaban J connectivity index is 2.59. The van der Waals surface area contributed by atoms with Gasteiger partial charge in [-0.2, -0.15) is 0 Å². The fourth-order valence-electron chi connectivity index (χ4n) is 1.80. The Morgan fingerprint density at radius 1 is 1.57 bits per heavy atom. The first kappa shape index (κ1) is 9.73. The topological polar surface area (TPSA) is 70.7 Å². The molecule has 0 spiro atoms. The van der Waals surface area contributed by atoms with Crippen LogP contribution in [0, 0.1) is 0 Å². The minimum absolute atomic E-state index is 0.0622. The molecule has 1 unspecified atom stereocenters. The van der Waals surface area contributed by atoms with Crippen LogP contribution in [0.1, 0.15) is 40.6 Å². The summed E-state index contributed by atoms with van der Waals surface area (Å²) >= 11 is 3.05. The average molecular weight is 261 g/mol. The molecule has 1 heterocycles. The van der Waals surface area contributed by atoms with Crippen molar-refractivity contribution >= 4 is 21.9 Å². The van der Waals surface area contributed by atoms with Crippen molar-refractivity contribution in [3.63, 3.8) is 0 Å². The van der Waals surface area contributed by atoms with Gasteiger partial charge >= 0.3 is 5.97 Å². The Morgan fingerprint density at radius 3 is 2.93 bits per heavy atom. The molecule has 1 aromatic rings. The van der Waals surface area contributed by atoms with Crippen molar-refractivity contribution in [1.29, 1.82) is 0 Å². The Hall–Kier alpha value is -0.810. The maximum atomic E-state index is 10.9. The van der Waals surface area contributed by atoms with Crippen molar-refractivity contribution in [3.05, 3.63) is 21.6 Å². The summed E-state index contributed by atoms with van der Waals surface area (Å²) in [6.45, 7) is 0. The highest BCUT2D eigenvalue weighted by molar-refractivity contribution is 9.10. The van der Waals surface area contributed by atoms with Crippen LogP contribution in [-0.2, 0) is 6.42 Å². The maximum Gasteiger partial charge on any atom is 0.340 e. The van der Waals surface area contributed by atoms with Crippen molar-refractivity contribution in [2.24, 2.45) is 0 Å². The fraction of sp³-hybridized carbons (Fsp3) is 0.444. The summed E-state index contributed by atoms with van der Waals surface area (Å²) in [5.74, 6) is -0.476. The van der Waals surface area contributed by atoms with Gasteiger partial charge in [-0.1, -0.05) is 0 Å². The Bertz CT molecular complexity index is 382. The van der Waals surface area contributed by atoms with Gasteiger partial charge in [-0.15, -0.1) is 0 Å². The molecule has 76 valence electrons. The van der Waals surface area contributed by atoms with E-state index in [4.69, 9.17) is 9.52 Å². The van der Waals surface area contributed by atoms with E-state index in [-0.39, 0.29) is 10.2 Å². The number of halogens is 1. The van der Waals surface area contributed by atoms with Gasteiger partial charge in [0.15, 0.2) is 4.67 Å². The Morgan fingerprint density at radius 2 is 2.29 bits per heavy atom. The highest BCUT2D eigenvalue weighted by atomic mass is 79.9. The van der Waals surface area contributed by atoms with E-state index in [0.29, 0.717) is 24.2 Å². The summed E-state index contributed by atoms with van der Waals surface area (Å²) in [7, 11) is 0. The molecule has 4 nitrogen and oxygen atoms in total. The molecule has 0 fully saturated rings. The molecule has 0 aliphatic heterocycles. The number of aromatic carboxylic acids is 1. The van der Waals surface area contributed by atoms with Crippen LogP contribution in [0.3, 0.4) is 0 Å². The summed E-state index contributed by atoms with van der Waals surface area (Å²) in [4.78, 5) is 10.9. The quantitative estimate of drug-likeness (QED) is 0.812. The average Bonchev–Trinajstić information content (AvgIpc) is 2.42. The zero-order valence-corrected chi connectivity index (χ0v) is 8.87. The maximum absolute atomic E-state index is 10.9. The molecule has 1 aromatic heterocycles. The molecule has 0 amide bonds. The first-order valence-electron chi connectivity index (χ1n) is 4.33. The van der Waals surface area contributed by atoms with Crippen molar-refractivity contribution < 1.29 is 19.4 Å². The van der Waals surface area contributed by atoms with Crippen molar-refractivity contribution in [1.82, 2.24) is 0 Å². The lowest BCUT2D eigenvalue weighted by Gasteiger charge is -2.16. The van der Waals surface area contributed by atoms with Gasteiger partial charge in [0.05, 0.1) is 6.10 Å². The molecule has 0 saturated carbocycles. The molecule has 2 rings (SSSR count). The number of aliphatic hydroxyl groups excluding tert-OH is 1. The third-order valence-electron chi connectivity index (χ3n) is 2.41. The number of aryl methyl sites for hydroxylation is 1. The highest BCUT2D eigenvalue weighted by Gasteiger charge is 2.30. The van der Waals surface area contributed by atoms with Gasteiger partial charge in [-0.25, -0.2) is 4.79 Å². The van der Waals surface area contributed by atoms with Gasteiger partial charge in [0.1, 0.15) is 11.3 Å². The Labute approximate surface area is 88.7 Å². The summed E-state index contributed by atoms with van der Waals surface area (Å²) in [6, 6.07) is 0. The number of hydrogen-bond donors (Lipinski definition) is 2. The molecule has 1 atom stereocenters. The van der Waals surface area contributed by atoms with Crippen LogP contribution in [0.2, 0.25) is 0 Å². The summed E-state index contributed by atoms with van der Waals surface area (Å²) < 4.78 is 5.45. The second-order valence-corrected chi connectivity index (χ2v) is 4.02. The molecule has 0 saturated heterocycles. The zero-order chi connectivity index (χ0) is 10.3. The molecule has 0 aromatic carbocycles. The highest BCUT2D eigenvalue weighted by Crippen LogP contribution is 2.38. The largest absolute Gasteiger partial charge is 0.478 e. The van der Waals surface area contributed by atoms with Gasteiger partial charge in [-0.05, 0) is 28.8 Å². The van der Waals surface area contributed by atoms with Crippen LogP contribution in [0.5, 0.6) is 0 Å². The number of aliphatic hydroxyl groups is 1. The normalized spacial score (nSPS) is 20.6. The van der Waals surface area contributed by atoms with E-state index < -0.39 is 12.1 Å². The van der Waals surface area contributed by atoms with E-state index in [2.05, 4.69) is 15.9 Å². The van der Waals surface area contributed by atoms with E-state index in [9.17, 15) is 9.90 Å². The van der Waals surface area contributed by atoms with E-state index >= 15 is 0 Å². The molecule has 0 bridgehead atoms. The number of fused-ring (bicyclic) bond motifs is 1. The summed E-state index contributed by atoms with van der Waals surface area (Å²) in [5.41, 5.74) is 0.503. The van der Waals surface area contributed by atoms with Crippen LogP contribution in [-0.4, -0.2) is 16.2 Å². The standard InChI is InChI=1S/C9H9BrO4/c10-8-7(9(12)13)6-4(11)2-1-3-5(6)14-8/h4,11H,1-3H2,(H,12,13). The van der Waals surface area contributed by atoms with Gasteiger partial charge in [0.2, 0.25) is 0 Å². The SMILES string of the molecule is O=C(O)c1c(Br)oc2c1C(O)CCC2. The van der Waals surface area contributed by atoms with E-state index in [0.717, 1.165) is 6.42 Å². The number of carbonyl (C=O) groups is 1. The number of hydrogen-bond acceptors (Lipinski definition) is 3. The fourth-order valence-corrected chi connectivity index (χ4v) is 2.38. The van der Waals surface area contributed by atoms with Crippen molar-refractivity contribution in [2.75, 3.05) is 0 Å². The molecule has 14 heavy (non-hydrogen) atoms. The smallest absolute Gasteiger partial charge is 0.340 e. The van der Waals surface area contributed by atoms with Crippen LogP contribution in [0.15, 0.2) is 9.09 Å². The van der Waals surface area contributed by atoms with Crippen molar-refractivity contribution in [3.8, 4) is 0 Å². The van der Waals surface area contributed by atoms with Gasteiger partial charge in [-0.3, -0.25) is 0 Å². The molecule has 0 radical (unpaired) electrons. The second-order valence-electron chi connectivity index (χ2n) is 3.30. The van der Waals surface area contributed by atoms with Gasteiger partial charge < -0.3 is 14.6 Å². The van der Waals surface area contributed by atoms with Gasteiger partial charge in [0.25, 0.3) is 0 Å². The minimum Gasteiger partial charge on any atom is -0.478 e. The Kier molecular flexibility index (Phi) is 2.36. The van der Waals surface area contributed by atoms with Gasteiger partial charge in [0, 0.05) is 12.0 Å². The predicted molar refractivity (Wildman–Crippen MR) is 51.3 cm³/mol. The number of furan rings is 1.